The Morgan fingerprint density at radius 1 is 1.32 bits per heavy atom. The van der Waals surface area contributed by atoms with Gasteiger partial charge in [0.05, 0.1) is 30.9 Å². The van der Waals surface area contributed by atoms with E-state index in [1.54, 1.807) is 24.3 Å². The normalized spacial score (nSPS) is 9.91. The lowest BCUT2D eigenvalue weighted by Gasteiger charge is -2.14. The molecule has 0 aliphatic carbocycles. The first-order chi connectivity index (χ1) is 10.6. The van der Waals surface area contributed by atoms with Gasteiger partial charge in [0.1, 0.15) is 5.75 Å². The summed E-state index contributed by atoms with van der Waals surface area (Å²) >= 11 is 0. The third-order valence-electron chi connectivity index (χ3n) is 3.14. The molecule has 0 atom stereocenters. The Labute approximate surface area is 129 Å². The maximum atomic E-state index is 12.0. The van der Waals surface area contributed by atoms with Crippen LogP contribution in [0.15, 0.2) is 30.5 Å². The third-order valence-corrected chi connectivity index (χ3v) is 3.14. The molecular formula is C17H16N2O3. The lowest BCUT2D eigenvalue weighted by molar-refractivity contribution is 0.0601. The molecule has 0 aliphatic rings. The quantitative estimate of drug-likeness (QED) is 0.811. The van der Waals surface area contributed by atoms with Gasteiger partial charge in [-0.3, -0.25) is 4.98 Å². The van der Waals surface area contributed by atoms with E-state index in [-0.39, 0.29) is 0 Å². The second-order valence-electron chi connectivity index (χ2n) is 4.62. The molecule has 0 saturated heterocycles. The van der Waals surface area contributed by atoms with E-state index in [4.69, 9.17) is 14.7 Å². The summed E-state index contributed by atoms with van der Waals surface area (Å²) in [5.41, 5.74) is 2.90. The summed E-state index contributed by atoms with van der Waals surface area (Å²) in [5.74, 6) is 0.129. The highest BCUT2D eigenvalue weighted by Crippen LogP contribution is 2.34. The Morgan fingerprint density at radius 2 is 2.09 bits per heavy atom. The zero-order valence-electron chi connectivity index (χ0n) is 12.7. The van der Waals surface area contributed by atoms with Crippen LogP contribution in [0.1, 0.15) is 28.5 Å². The molecule has 0 spiro atoms. The van der Waals surface area contributed by atoms with Gasteiger partial charge in [-0.2, -0.15) is 5.26 Å². The number of methoxy groups -OCH3 is 1. The summed E-state index contributed by atoms with van der Waals surface area (Å²) in [6.45, 7) is 4.19. The Hall–Kier alpha value is -2.87. The largest absolute Gasteiger partial charge is 0.493 e. The first kappa shape index (κ1) is 15.5. The molecule has 0 aliphatic heterocycles. The van der Waals surface area contributed by atoms with Gasteiger partial charge in [0, 0.05) is 23.0 Å². The van der Waals surface area contributed by atoms with Crippen LogP contribution in [-0.2, 0) is 4.74 Å². The topological polar surface area (TPSA) is 72.2 Å². The molecule has 2 rings (SSSR count). The van der Waals surface area contributed by atoms with E-state index in [9.17, 15) is 4.79 Å². The molecule has 5 nitrogen and oxygen atoms in total. The standard InChI is InChI=1S/C17H16N2O3/c1-4-22-16-6-5-12(9-18)8-14(16)13-7-11(2)19-10-15(13)17(20)21-3/h5-8,10H,4H2,1-3H3. The lowest BCUT2D eigenvalue weighted by Crippen LogP contribution is -2.06. The van der Waals surface area contributed by atoms with E-state index in [2.05, 4.69) is 11.1 Å². The minimum atomic E-state index is -0.479. The fourth-order valence-corrected chi connectivity index (χ4v) is 2.15. The van der Waals surface area contributed by atoms with Crippen LogP contribution >= 0.6 is 0 Å². The van der Waals surface area contributed by atoms with Crippen molar-refractivity contribution in [2.24, 2.45) is 0 Å². The Morgan fingerprint density at radius 3 is 2.73 bits per heavy atom. The molecule has 0 radical (unpaired) electrons. The van der Waals surface area contributed by atoms with Crippen molar-refractivity contribution in [1.82, 2.24) is 4.98 Å². The minimum Gasteiger partial charge on any atom is -0.493 e. The molecule has 0 unspecified atom stereocenters. The number of nitrogens with zero attached hydrogens (tertiary/aromatic N) is 2. The van der Waals surface area contributed by atoms with E-state index in [0.717, 1.165) is 5.69 Å². The highest BCUT2D eigenvalue weighted by molar-refractivity contribution is 5.98. The molecule has 0 saturated carbocycles. The van der Waals surface area contributed by atoms with Gasteiger partial charge in [-0.25, -0.2) is 4.79 Å². The molecular weight excluding hydrogens is 280 g/mol. The highest BCUT2D eigenvalue weighted by Gasteiger charge is 2.18. The van der Waals surface area contributed by atoms with Gasteiger partial charge in [-0.15, -0.1) is 0 Å². The van der Waals surface area contributed by atoms with Crippen molar-refractivity contribution in [3.63, 3.8) is 0 Å². The summed E-state index contributed by atoms with van der Waals surface area (Å²) in [4.78, 5) is 16.1. The van der Waals surface area contributed by atoms with Crippen LogP contribution in [0.4, 0.5) is 0 Å². The fraction of sp³-hybridized carbons (Fsp3) is 0.235. The molecule has 1 aromatic heterocycles. The zero-order valence-corrected chi connectivity index (χ0v) is 12.7. The van der Waals surface area contributed by atoms with Crippen molar-refractivity contribution in [2.75, 3.05) is 13.7 Å². The van der Waals surface area contributed by atoms with Gasteiger partial charge in [0.15, 0.2) is 0 Å². The van der Waals surface area contributed by atoms with Gasteiger partial charge in [0.2, 0.25) is 0 Å². The van der Waals surface area contributed by atoms with Gasteiger partial charge >= 0.3 is 5.97 Å². The molecule has 0 amide bonds. The lowest BCUT2D eigenvalue weighted by atomic mass is 9.98. The van der Waals surface area contributed by atoms with Crippen LogP contribution in [0.25, 0.3) is 11.1 Å². The number of ether oxygens (including phenoxy) is 2. The number of benzene rings is 1. The van der Waals surface area contributed by atoms with Crippen LogP contribution < -0.4 is 4.74 Å². The molecule has 5 heteroatoms. The first-order valence-electron chi connectivity index (χ1n) is 6.83. The highest BCUT2D eigenvalue weighted by atomic mass is 16.5. The number of esters is 1. The van der Waals surface area contributed by atoms with Crippen molar-refractivity contribution in [2.45, 2.75) is 13.8 Å². The summed E-state index contributed by atoms with van der Waals surface area (Å²) in [7, 11) is 1.32. The molecule has 1 aromatic carbocycles. The van der Waals surface area contributed by atoms with Crippen LogP contribution in [0.3, 0.4) is 0 Å². The number of hydrogen-bond donors (Lipinski definition) is 0. The van der Waals surface area contributed by atoms with Crippen molar-refractivity contribution in [3.8, 4) is 22.9 Å². The molecule has 0 bridgehead atoms. The Bertz CT molecular complexity index is 748. The number of hydrogen-bond acceptors (Lipinski definition) is 5. The van der Waals surface area contributed by atoms with Gasteiger partial charge < -0.3 is 9.47 Å². The minimum absolute atomic E-state index is 0.337. The molecule has 112 valence electrons. The molecule has 0 fully saturated rings. The maximum absolute atomic E-state index is 12.0. The van der Waals surface area contributed by atoms with Crippen LogP contribution in [0.2, 0.25) is 0 Å². The van der Waals surface area contributed by atoms with Gasteiger partial charge in [-0.05, 0) is 38.1 Å². The third kappa shape index (κ3) is 3.07. The second kappa shape index (κ2) is 6.72. The van der Waals surface area contributed by atoms with E-state index >= 15 is 0 Å². The average molecular weight is 296 g/mol. The number of carbonyl (C=O) groups is 1. The van der Waals surface area contributed by atoms with E-state index in [0.29, 0.717) is 34.6 Å². The van der Waals surface area contributed by atoms with E-state index in [1.165, 1.54) is 13.3 Å². The summed E-state index contributed by atoms with van der Waals surface area (Å²) in [6, 6.07) is 8.99. The first-order valence-corrected chi connectivity index (χ1v) is 6.83. The number of carbonyl (C=O) groups excluding carboxylic acids is 1. The number of rotatable bonds is 4. The zero-order chi connectivity index (χ0) is 16.1. The van der Waals surface area contributed by atoms with Crippen LogP contribution in [-0.4, -0.2) is 24.7 Å². The fourth-order valence-electron chi connectivity index (χ4n) is 2.15. The second-order valence-corrected chi connectivity index (χ2v) is 4.62. The van der Waals surface area contributed by atoms with Crippen molar-refractivity contribution in [3.05, 3.63) is 47.3 Å². The smallest absolute Gasteiger partial charge is 0.340 e. The summed E-state index contributed by atoms with van der Waals surface area (Å²) in [6.07, 6.45) is 1.48. The average Bonchev–Trinajstić information content (AvgIpc) is 2.54. The van der Waals surface area contributed by atoms with Crippen molar-refractivity contribution < 1.29 is 14.3 Å². The predicted octanol–water partition coefficient (Wildman–Crippen LogP) is 3.11. The van der Waals surface area contributed by atoms with Gasteiger partial charge in [-0.1, -0.05) is 0 Å². The van der Waals surface area contributed by atoms with Crippen molar-refractivity contribution in [1.29, 1.82) is 5.26 Å². The van der Waals surface area contributed by atoms with Crippen LogP contribution in [0.5, 0.6) is 5.75 Å². The molecule has 2 aromatic rings. The number of pyridine rings is 1. The van der Waals surface area contributed by atoms with Crippen LogP contribution in [0, 0.1) is 18.3 Å². The van der Waals surface area contributed by atoms with Crippen molar-refractivity contribution >= 4 is 5.97 Å². The van der Waals surface area contributed by atoms with E-state index in [1.807, 2.05) is 13.8 Å². The number of aryl methyl sites for hydroxylation is 1. The monoisotopic (exact) mass is 296 g/mol. The summed E-state index contributed by atoms with van der Waals surface area (Å²) in [5, 5.41) is 9.11. The Kier molecular flexibility index (Phi) is 4.74. The SMILES string of the molecule is CCOc1ccc(C#N)cc1-c1cc(C)ncc1C(=O)OC. The molecule has 22 heavy (non-hydrogen) atoms. The predicted molar refractivity (Wildman–Crippen MR) is 81.6 cm³/mol. The maximum Gasteiger partial charge on any atom is 0.340 e. The molecule has 1 heterocycles. The van der Waals surface area contributed by atoms with E-state index < -0.39 is 5.97 Å². The molecule has 0 N–H and O–H groups in total. The number of aromatic nitrogens is 1. The summed E-state index contributed by atoms with van der Waals surface area (Å²) < 4.78 is 10.4. The number of nitriles is 1. The Balaban J connectivity index is 2.71. The van der Waals surface area contributed by atoms with Gasteiger partial charge in [0.25, 0.3) is 0 Å².